The first-order chi connectivity index (χ1) is 15.4. The maximum Gasteiger partial charge on any atom is 0.226 e. The zero-order chi connectivity index (χ0) is 22.3. The van der Waals surface area contributed by atoms with Gasteiger partial charge in [-0.25, -0.2) is 0 Å². The molecule has 5 rings (SSSR count). The summed E-state index contributed by atoms with van der Waals surface area (Å²) in [7, 11) is 1.90. The predicted molar refractivity (Wildman–Crippen MR) is 131 cm³/mol. The Morgan fingerprint density at radius 2 is 2.00 bits per heavy atom. The lowest BCUT2D eigenvalue weighted by molar-refractivity contribution is -0.118. The molecule has 5 nitrogen and oxygen atoms in total. The molecule has 0 saturated heterocycles. The molecule has 1 amide bonds. The summed E-state index contributed by atoms with van der Waals surface area (Å²) in [5, 5.41) is 9.10. The molecule has 3 aromatic rings. The monoisotopic (exact) mass is 432 g/mol. The van der Waals surface area contributed by atoms with Crippen molar-refractivity contribution in [2.24, 2.45) is 11.3 Å². The lowest BCUT2D eigenvalue weighted by Crippen LogP contribution is -2.26. The number of carbonyl (C=O) groups excluding carboxylic acids is 1. The van der Waals surface area contributed by atoms with Crippen LogP contribution in [-0.2, 0) is 17.6 Å². The number of H-pyrrole nitrogens is 2. The van der Waals surface area contributed by atoms with Crippen LogP contribution in [0, 0.1) is 11.3 Å². The van der Waals surface area contributed by atoms with Gasteiger partial charge in [-0.05, 0) is 55.2 Å². The molecule has 0 atom stereocenters. The van der Waals surface area contributed by atoms with Crippen molar-refractivity contribution in [1.29, 1.82) is 0 Å². The number of nitrogens with zero attached hydrogens (tertiary/aromatic N) is 2. The van der Waals surface area contributed by atoms with Crippen LogP contribution in [0.1, 0.15) is 76.5 Å². The molecular formula is C27H36N4O. The molecule has 2 aliphatic carbocycles. The first-order valence-corrected chi connectivity index (χ1v) is 12.4. The molecule has 32 heavy (non-hydrogen) atoms. The second-order valence-electron chi connectivity index (χ2n) is 10.8. The SMILES string of the molecule is CN(C(=O)CCC1CCCCC1)c1ccc2cc(-c3n[nH]c4c3CCC(C)(C)C4)[nH]c2c1. The Labute approximate surface area is 191 Å². The van der Waals surface area contributed by atoms with Crippen LogP contribution in [0.4, 0.5) is 5.69 Å². The summed E-state index contributed by atoms with van der Waals surface area (Å²) < 4.78 is 0. The number of aromatic amines is 2. The van der Waals surface area contributed by atoms with Gasteiger partial charge in [0.05, 0.1) is 5.69 Å². The Morgan fingerprint density at radius 3 is 2.81 bits per heavy atom. The van der Waals surface area contributed by atoms with Gasteiger partial charge in [-0.2, -0.15) is 5.10 Å². The molecule has 0 radical (unpaired) electrons. The van der Waals surface area contributed by atoms with E-state index >= 15 is 0 Å². The summed E-state index contributed by atoms with van der Waals surface area (Å²) >= 11 is 0. The predicted octanol–water partition coefficient (Wildman–Crippen LogP) is 6.40. The Bertz CT molecular complexity index is 1120. The van der Waals surface area contributed by atoms with Gasteiger partial charge in [0.1, 0.15) is 5.69 Å². The van der Waals surface area contributed by atoms with Crippen molar-refractivity contribution in [1.82, 2.24) is 15.2 Å². The van der Waals surface area contributed by atoms with Crippen LogP contribution in [0.3, 0.4) is 0 Å². The first-order valence-electron chi connectivity index (χ1n) is 12.4. The van der Waals surface area contributed by atoms with Crippen molar-refractivity contribution < 1.29 is 4.79 Å². The normalized spacial score (nSPS) is 18.6. The van der Waals surface area contributed by atoms with Gasteiger partial charge < -0.3 is 9.88 Å². The van der Waals surface area contributed by atoms with Gasteiger partial charge in [-0.3, -0.25) is 9.89 Å². The van der Waals surface area contributed by atoms with E-state index in [9.17, 15) is 4.79 Å². The summed E-state index contributed by atoms with van der Waals surface area (Å²) in [5.74, 6) is 0.950. The lowest BCUT2D eigenvalue weighted by atomic mass is 9.76. The van der Waals surface area contributed by atoms with Gasteiger partial charge in [-0.15, -0.1) is 0 Å². The van der Waals surface area contributed by atoms with Gasteiger partial charge in [-0.1, -0.05) is 52.0 Å². The van der Waals surface area contributed by atoms with Gasteiger partial charge >= 0.3 is 0 Å². The highest BCUT2D eigenvalue weighted by Gasteiger charge is 2.29. The molecule has 2 N–H and O–H groups in total. The van der Waals surface area contributed by atoms with Crippen molar-refractivity contribution in [2.75, 3.05) is 11.9 Å². The minimum absolute atomic E-state index is 0.214. The van der Waals surface area contributed by atoms with E-state index in [1.54, 1.807) is 0 Å². The van der Waals surface area contributed by atoms with Gasteiger partial charge in [0.15, 0.2) is 0 Å². The minimum atomic E-state index is 0.214. The zero-order valence-electron chi connectivity index (χ0n) is 19.8. The minimum Gasteiger partial charge on any atom is -0.353 e. The van der Waals surface area contributed by atoms with Crippen molar-refractivity contribution in [3.05, 3.63) is 35.5 Å². The van der Waals surface area contributed by atoms with Crippen LogP contribution in [0.15, 0.2) is 24.3 Å². The molecular weight excluding hydrogens is 396 g/mol. The number of hydrogen-bond acceptors (Lipinski definition) is 2. The van der Waals surface area contributed by atoms with E-state index in [4.69, 9.17) is 0 Å². The van der Waals surface area contributed by atoms with Crippen molar-refractivity contribution >= 4 is 22.5 Å². The first kappa shape index (κ1) is 21.3. The molecule has 0 unspecified atom stereocenters. The van der Waals surface area contributed by atoms with Crippen LogP contribution in [0.5, 0.6) is 0 Å². The summed E-state index contributed by atoms with van der Waals surface area (Å²) in [6.45, 7) is 4.65. The van der Waals surface area contributed by atoms with E-state index in [0.29, 0.717) is 11.8 Å². The topological polar surface area (TPSA) is 64.8 Å². The number of anilines is 1. The standard InChI is InChI=1S/C27H36N4O/c1-27(2)14-13-21-24(17-27)29-30-26(21)23-15-19-10-11-20(16-22(19)28-23)31(3)25(32)12-9-18-7-5-4-6-8-18/h10-11,15-16,18,28H,4-9,12-14,17H2,1-3H3,(H,29,30). The van der Waals surface area contributed by atoms with Crippen LogP contribution >= 0.6 is 0 Å². The summed E-state index contributed by atoms with van der Waals surface area (Å²) in [6.07, 6.45) is 11.6. The molecule has 0 spiro atoms. The summed E-state index contributed by atoms with van der Waals surface area (Å²) in [5.41, 5.74) is 7.07. The number of nitrogens with one attached hydrogen (secondary N) is 2. The van der Waals surface area contributed by atoms with E-state index in [1.165, 1.54) is 49.8 Å². The molecule has 170 valence electrons. The van der Waals surface area contributed by atoms with Crippen molar-refractivity contribution in [2.45, 2.75) is 78.1 Å². The second kappa shape index (κ2) is 8.42. The van der Waals surface area contributed by atoms with Crippen LogP contribution in [-0.4, -0.2) is 28.1 Å². The number of fused-ring (bicyclic) bond motifs is 2. The molecule has 1 saturated carbocycles. The Hall–Kier alpha value is -2.56. The highest BCUT2D eigenvalue weighted by atomic mass is 16.2. The molecule has 1 aromatic carbocycles. The van der Waals surface area contributed by atoms with Crippen LogP contribution in [0.2, 0.25) is 0 Å². The summed E-state index contributed by atoms with van der Waals surface area (Å²) in [6, 6.07) is 8.44. The van der Waals surface area contributed by atoms with E-state index in [-0.39, 0.29) is 5.91 Å². The fourth-order valence-electron chi connectivity index (χ4n) is 5.64. The number of benzene rings is 1. The van der Waals surface area contributed by atoms with E-state index in [1.807, 2.05) is 11.9 Å². The van der Waals surface area contributed by atoms with Crippen LogP contribution in [0.25, 0.3) is 22.3 Å². The molecule has 5 heteroatoms. The van der Waals surface area contributed by atoms with Gasteiger partial charge in [0.2, 0.25) is 5.91 Å². The third kappa shape index (κ3) is 4.22. The van der Waals surface area contributed by atoms with Crippen molar-refractivity contribution in [3.63, 3.8) is 0 Å². The Morgan fingerprint density at radius 1 is 1.19 bits per heavy atom. The highest BCUT2D eigenvalue weighted by molar-refractivity contribution is 5.96. The second-order valence-corrected chi connectivity index (χ2v) is 10.8. The molecule has 0 bridgehead atoms. The third-order valence-corrected chi connectivity index (χ3v) is 7.77. The fourth-order valence-corrected chi connectivity index (χ4v) is 5.64. The van der Waals surface area contributed by atoms with Crippen LogP contribution < -0.4 is 4.90 Å². The average Bonchev–Trinajstić information content (AvgIpc) is 3.39. The lowest BCUT2D eigenvalue weighted by Gasteiger charge is -2.28. The van der Waals surface area contributed by atoms with Crippen molar-refractivity contribution in [3.8, 4) is 11.4 Å². The van der Waals surface area contributed by atoms with Gasteiger partial charge in [0.25, 0.3) is 0 Å². The molecule has 0 aliphatic heterocycles. The molecule has 2 heterocycles. The average molecular weight is 433 g/mol. The van der Waals surface area contributed by atoms with E-state index in [0.717, 1.165) is 53.2 Å². The number of carbonyl (C=O) groups is 1. The maximum atomic E-state index is 12.8. The largest absolute Gasteiger partial charge is 0.353 e. The number of aromatic nitrogens is 3. The molecule has 1 fully saturated rings. The van der Waals surface area contributed by atoms with E-state index < -0.39 is 0 Å². The van der Waals surface area contributed by atoms with E-state index in [2.05, 4.69) is 53.3 Å². The fraction of sp³-hybridized carbons (Fsp3) is 0.556. The number of hydrogen-bond donors (Lipinski definition) is 2. The van der Waals surface area contributed by atoms with Gasteiger partial charge in [0, 0.05) is 41.3 Å². The zero-order valence-corrected chi connectivity index (χ0v) is 19.8. The Balaban J connectivity index is 1.32. The smallest absolute Gasteiger partial charge is 0.226 e. The molecule has 2 aliphatic rings. The quantitative estimate of drug-likeness (QED) is 0.490. The molecule has 2 aromatic heterocycles. The summed E-state index contributed by atoms with van der Waals surface area (Å²) in [4.78, 5) is 18.2. The maximum absolute atomic E-state index is 12.8. The number of amides is 1. The highest BCUT2D eigenvalue weighted by Crippen LogP contribution is 2.38. The number of rotatable bonds is 5. The third-order valence-electron chi connectivity index (χ3n) is 7.77. The Kier molecular flexibility index (Phi) is 5.60.